The quantitative estimate of drug-likeness (QED) is 0.0899. The number of rotatable bonds is 10. The van der Waals surface area contributed by atoms with Crippen LogP contribution >= 0.6 is 11.6 Å². The van der Waals surface area contributed by atoms with Crippen molar-refractivity contribution in [1.82, 2.24) is 5.43 Å². The smallest absolute Gasteiger partial charge is 0.343 e. The standard InChI is InChI=1S/C30H25ClN2O5/c1-3-6-20-9-15-27(28(17-20)36-2)37-19-29(34)33-32-18-25-24-8-5-4-7-21(24)12-16-26(25)38-30(35)22-10-13-23(31)14-11-22/h3-5,7-18H,1,6,19H2,2H3,(H,33,34). The van der Waals surface area contributed by atoms with Gasteiger partial charge in [-0.3, -0.25) is 4.79 Å². The lowest BCUT2D eigenvalue weighted by Crippen LogP contribution is -2.24. The number of hydrazone groups is 1. The third-order valence-electron chi connectivity index (χ3n) is 5.56. The summed E-state index contributed by atoms with van der Waals surface area (Å²) in [6, 6.07) is 23.0. The number of amides is 1. The highest BCUT2D eigenvalue weighted by Crippen LogP contribution is 2.29. The summed E-state index contributed by atoms with van der Waals surface area (Å²) in [5.41, 5.74) is 4.35. The molecule has 38 heavy (non-hydrogen) atoms. The van der Waals surface area contributed by atoms with Gasteiger partial charge in [0, 0.05) is 10.6 Å². The summed E-state index contributed by atoms with van der Waals surface area (Å²) in [4.78, 5) is 25.1. The van der Waals surface area contributed by atoms with Crippen molar-refractivity contribution in [3.05, 3.63) is 113 Å². The van der Waals surface area contributed by atoms with Crippen LogP contribution in [-0.4, -0.2) is 31.8 Å². The van der Waals surface area contributed by atoms with Crippen LogP contribution in [0.2, 0.25) is 5.02 Å². The van der Waals surface area contributed by atoms with Crippen molar-refractivity contribution in [1.29, 1.82) is 0 Å². The molecule has 4 aromatic carbocycles. The molecule has 0 radical (unpaired) electrons. The van der Waals surface area contributed by atoms with Crippen molar-refractivity contribution in [2.45, 2.75) is 6.42 Å². The van der Waals surface area contributed by atoms with Gasteiger partial charge in [0.2, 0.25) is 0 Å². The molecule has 0 aliphatic heterocycles. The van der Waals surface area contributed by atoms with E-state index in [1.807, 2.05) is 42.5 Å². The number of ether oxygens (including phenoxy) is 3. The number of halogens is 1. The lowest BCUT2D eigenvalue weighted by molar-refractivity contribution is -0.123. The largest absolute Gasteiger partial charge is 0.493 e. The summed E-state index contributed by atoms with van der Waals surface area (Å²) in [6.07, 6.45) is 3.92. The molecule has 0 aliphatic carbocycles. The van der Waals surface area contributed by atoms with Gasteiger partial charge in [0.1, 0.15) is 5.75 Å². The summed E-state index contributed by atoms with van der Waals surface area (Å²) < 4.78 is 16.6. The minimum absolute atomic E-state index is 0.275. The summed E-state index contributed by atoms with van der Waals surface area (Å²) in [5, 5.41) is 6.32. The highest BCUT2D eigenvalue weighted by Gasteiger charge is 2.14. The van der Waals surface area contributed by atoms with Crippen LogP contribution in [0.3, 0.4) is 0 Å². The van der Waals surface area contributed by atoms with E-state index in [1.165, 1.54) is 13.3 Å². The highest BCUT2D eigenvalue weighted by molar-refractivity contribution is 6.30. The first-order valence-corrected chi connectivity index (χ1v) is 12.1. The van der Waals surface area contributed by atoms with E-state index in [0.29, 0.717) is 39.8 Å². The van der Waals surface area contributed by atoms with Crippen molar-refractivity contribution in [3.63, 3.8) is 0 Å². The van der Waals surface area contributed by atoms with Crippen LogP contribution in [0.1, 0.15) is 21.5 Å². The predicted octanol–water partition coefficient (Wildman–Crippen LogP) is 5.98. The molecule has 1 N–H and O–H groups in total. The number of carbonyl (C=O) groups excluding carboxylic acids is 2. The second-order valence-corrected chi connectivity index (χ2v) is 8.59. The third-order valence-corrected chi connectivity index (χ3v) is 5.81. The third kappa shape index (κ3) is 6.57. The summed E-state index contributed by atoms with van der Waals surface area (Å²) in [7, 11) is 1.53. The Labute approximate surface area is 225 Å². The Bertz CT molecular complexity index is 1500. The number of allylic oxidation sites excluding steroid dienone is 1. The molecule has 192 valence electrons. The van der Waals surface area contributed by atoms with Gasteiger partial charge in [-0.2, -0.15) is 5.10 Å². The number of fused-ring (bicyclic) bond motifs is 1. The number of benzene rings is 4. The molecule has 7 nitrogen and oxygen atoms in total. The normalized spacial score (nSPS) is 10.8. The SMILES string of the molecule is C=CCc1ccc(OCC(=O)NN=Cc2c(OC(=O)c3ccc(Cl)cc3)ccc3ccccc23)c(OC)c1. The molecule has 0 bridgehead atoms. The van der Waals surface area contributed by atoms with Crippen molar-refractivity contribution in [3.8, 4) is 17.2 Å². The van der Waals surface area contributed by atoms with E-state index in [1.54, 1.807) is 42.5 Å². The minimum atomic E-state index is -0.544. The van der Waals surface area contributed by atoms with Crippen molar-refractivity contribution in [2.75, 3.05) is 13.7 Å². The number of hydrogen-bond acceptors (Lipinski definition) is 6. The van der Waals surface area contributed by atoms with Crippen LogP contribution in [0.15, 0.2) is 96.6 Å². The maximum absolute atomic E-state index is 12.7. The fourth-order valence-corrected chi connectivity index (χ4v) is 3.84. The fraction of sp³-hybridized carbons (Fsp3) is 0.100. The zero-order chi connectivity index (χ0) is 26.9. The lowest BCUT2D eigenvalue weighted by atomic mass is 10.0. The van der Waals surface area contributed by atoms with E-state index in [9.17, 15) is 9.59 Å². The molecule has 0 atom stereocenters. The van der Waals surface area contributed by atoms with E-state index in [0.717, 1.165) is 16.3 Å². The van der Waals surface area contributed by atoms with Crippen LogP contribution in [0.4, 0.5) is 0 Å². The zero-order valence-corrected chi connectivity index (χ0v) is 21.4. The van der Waals surface area contributed by atoms with Gasteiger partial charge in [-0.1, -0.05) is 54.1 Å². The molecule has 0 heterocycles. The first kappa shape index (κ1) is 26.4. The maximum atomic E-state index is 12.7. The molecule has 0 unspecified atom stereocenters. The molecule has 0 aromatic heterocycles. The molecule has 0 saturated heterocycles. The van der Waals surface area contributed by atoms with Crippen molar-refractivity contribution in [2.24, 2.45) is 5.10 Å². The zero-order valence-electron chi connectivity index (χ0n) is 20.6. The maximum Gasteiger partial charge on any atom is 0.343 e. The lowest BCUT2D eigenvalue weighted by Gasteiger charge is -2.12. The Balaban J connectivity index is 1.47. The highest BCUT2D eigenvalue weighted by atomic mass is 35.5. The van der Waals surface area contributed by atoms with E-state index < -0.39 is 11.9 Å². The molecular weight excluding hydrogens is 504 g/mol. The topological polar surface area (TPSA) is 86.2 Å². The Kier molecular flexibility index (Phi) is 8.74. The van der Waals surface area contributed by atoms with E-state index in [4.69, 9.17) is 25.8 Å². The van der Waals surface area contributed by atoms with Crippen LogP contribution in [-0.2, 0) is 11.2 Å². The molecule has 0 aliphatic rings. The van der Waals surface area contributed by atoms with E-state index in [2.05, 4.69) is 17.1 Å². The Morgan fingerprint density at radius 1 is 0.974 bits per heavy atom. The summed E-state index contributed by atoms with van der Waals surface area (Å²) in [6.45, 7) is 3.45. The fourth-order valence-electron chi connectivity index (χ4n) is 3.71. The molecule has 8 heteroatoms. The number of nitrogens with one attached hydrogen (secondary N) is 1. The van der Waals surface area contributed by atoms with Crippen LogP contribution < -0.4 is 19.6 Å². The van der Waals surface area contributed by atoms with Gasteiger partial charge in [0.25, 0.3) is 5.91 Å². The number of nitrogens with zero attached hydrogens (tertiary/aromatic N) is 1. The summed E-state index contributed by atoms with van der Waals surface area (Å²) >= 11 is 5.92. The van der Waals surface area contributed by atoms with Crippen molar-refractivity contribution < 1.29 is 23.8 Å². The Morgan fingerprint density at radius 3 is 2.50 bits per heavy atom. The molecule has 1 amide bonds. The van der Waals surface area contributed by atoms with Crippen LogP contribution in [0.5, 0.6) is 17.2 Å². The molecule has 0 spiro atoms. The van der Waals surface area contributed by atoms with Gasteiger partial charge < -0.3 is 14.2 Å². The number of hydrogen-bond donors (Lipinski definition) is 1. The first-order valence-electron chi connectivity index (χ1n) is 11.7. The first-order chi connectivity index (χ1) is 18.5. The molecule has 4 aromatic rings. The van der Waals surface area contributed by atoms with Gasteiger partial charge in [-0.05, 0) is 65.2 Å². The van der Waals surface area contributed by atoms with Crippen LogP contribution in [0, 0.1) is 0 Å². The average Bonchev–Trinajstić information content (AvgIpc) is 2.93. The van der Waals surface area contributed by atoms with Gasteiger partial charge in [0.15, 0.2) is 18.1 Å². The van der Waals surface area contributed by atoms with E-state index in [-0.39, 0.29) is 6.61 Å². The van der Waals surface area contributed by atoms with Gasteiger partial charge in [0.05, 0.1) is 18.9 Å². The Morgan fingerprint density at radius 2 is 1.74 bits per heavy atom. The van der Waals surface area contributed by atoms with E-state index >= 15 is 0 Å². The minimum Gasteiger partial charge on any atom is -0.493 e. The van der Waals surface area contributed by atoms with Crippen molar-refractivity contribution >= 4 is 40.5 Å². The molecule has 4 rings (SSSR count). The summed E-state index contributed by atoms with van der Waals surface area (Å²) in [5.74, 6) is 0.228. The second-order valence-electron chi connectivity index (χ2n) is 8.15. The van der Waals surface area contributed by atoms with Gasteiger partial charge in [-0.15, -0.1) is 6.58 Å². The predicted molar refractivity (Wildman–Crippen MR) is 148 cm³/mol. The number of carbonyl (C=O) groups is 2. The molecule has 0 fully saturated rings. The molecule has 0 saturated carbocycles. The number of methoxy groups -OCH3 is 1. The monoisotopic (exact) mass is 528 g/mol. The second kappa shape index (κ2) is 12.6. The molecular formula is C30H25ClN2O5. The Hall–Kier alpha value is -4.62. The van der Waals surface area contributed by atoms with Crippen LogP contribution in [0.25, 0.3) is 10.8 Å². The van der Waals surface area contributed by atoms with Gasteiger partial charge in [-0.25, -0.2) is 10.2 Å². The van der Waals surface area contributed by atoms with Gasteiger partial charge >= 0.3 is 5.97 Å². The average molecular weight is 529 g/mol. The number of esters is 1.